The van der Waals surface area contributed by atoms with Crippen LogP contribution in [0, 0.1) is 6.92 Å². The SMILES string of the molecule is Cc1ccc(N(Cc2ccc(Oc3ccccc3)cc2)C(=O)Nc2c(C(C)C)cccc2C(C)C)cc1. The van der Waals surface area contributed by atoms with Crippen molar-refractivity contribution in [2.75, 3.05) is 10.2 Å². The Bertz CT molecular complexity index is 1280. The summed E-state index contributed by atoms with van der Waals surface area (Å²) < 4.78 is 5.94. The smallest absolute Gasteiger partial charge is 0.326 e. The van der Waals surface area contributed by atoms with E-state index in [0.29, 0.717) is 18.4 Å². The zero-order chi connectivity index (χ0) is 26.4. The largest absolute Gasteiger partial charge is 0.457 e. The third kappa shape index (κ3) is 6.59. The van der Waals surface area contributed by atoms with Gasteiger partial charge in [0.05, 0.1) is 6.54 Å². The Balaban J connectivity index is 1.61. The van der Waals surface area contributed by atoms with Gasteiger partial charge in [0.15, 0.2) is 0 Å². The van der Waals surface area contributed by atoms with Gasteiger partial charge in [0.2, 0.25) is 0 Å². The predicted octanol–water partition coefficient (Wildman–Crippen LogP) is 9.27. The van der Waals surface area contributed by atoms with E-state index < -0.39 is 0 Å². The van der Waals surface area contributed by atoms with Gasteiger partial charge in [-0.15, -0.1) is 0 Å². The van der Waals surface area contributed by atoms with Crippen LogP contribution in [-0.4, -0.2) is 6.03 Å². The molecule has 4 aromatic carbocycles. The van der Waals surface area contributed by atoms with Crippen LogP contribution in [0.3, 0.4) is 0 Å². The molecule has 0 spiro atoms. The Morgan fingerprint density at radius 2 is 1.30 bits per heavy atom. The second kappa shape index (κ2) is 11.8. The first-order chi connectivity index (χ1) is 17.8. The second-order valence-corrected chi connectivity index (χ2v) is 10.0. The first-order valence-corrected chi connectivity index (χ1v) is 12.9. The van der Waals surface area contributed by atoms with Crippen molar-refractivity contribution in [3.63, 3.8) is 0 Å². The molecule has 0 aromatic heterocycles. The monoisotopic (exact) mass is 492 g/mol. The number of ether oxygens (including phenoxy) is 1. The lowest BCUT2D eigenvalue weighted by Crippen LogP contribution is -2.35. The highest BCUT2D eigenvalue weighted by atomic mass is 16.5. The molecule has 0 atom stereocenters. The molecule has 4 nitrogen and oxygen atoms in total. The fourth-order valence-electron chi connectivity index (χ4n) is 4.34. The number of nitrogens with zero attached hydrogens (tertiary/aromatic N) is 1. The van der Waals surface area contributed by atoms with Gasteiger partial charge in [-0.3, -0.25) is 4.90 Å². The van der Waals surface area contributed by atoms with Crippen LogP contribution < -0.4 is 15.0 Å². The van der Waals surface area contributed by atoms with Crippen LogP contribution in [0.25, 0.3) is 0 Å². The summed E-state index contributed by atoms with van der Waals surface area (Å²) in [6.45, 7) is 11.1. The van der Waals surface area contributed by atoms with Gasteiger partial charge < -0.3 is 10.1 Å². The van der Waals surface area contributed by atoms with E-state index in [1.165, 1.54) is 0 Å². The third-order valence-electron chi connectivity index (χ3n) is 6.44. The molecule has 4 rings (SSSR count). The number of anilines is 2. The van der Waals surface area contributed by atoms with E-state index in [0.717, 1.165) is 45.1 Å². The van der Waals surface area contributed by atoms with E-state index in [4.69, 9.17) is 4.74 Å². The molecule has 37 heavy (non-hydrogen) atoms. The molecule has 0 heterocycles. The lowest BCUT2D eigenvalue weighted by Gasteiger charge is -2.26. The molecule has 4 heteroatoms. The molecule has 0 saturated heterocycles. The number of rotatable bonds is 8. The Kier molecular flexibility index (Phi) is 8.29. The van der Waals surface area contributed by atoms with E-state index in [2.05, 4.69) is 51.2 Å². The summed E-state index contributed by atoms with van der Waals surface area (Å²) in [7, 11) is 0. The fraction of sp³-hybridized carbons (Fsp3) is 0.242. The van der Waals surface area contributed by atoms with Crippen molar-refractivity contribution in [2.24, 2.45) is 0 Å². The molecule has 2 amide bonds. The quantitative estimate of drug-likeness (QED) is 0.266. The Morgan fingerprint density at radius 3 is 1.86 bits per heavy atom. The summed E-state index contributed by atoms with van der Waals surface area (Å²) in [5.74, 6) is 2.13. The summed E-state index contributed by atoms with van der Waals surface area (Å²) in [4.78, 5) is 15.6. The molecule has 0 aliphatic rings. The minimum Gasteiger partial charge on any atom is -0.457 e. The van der Waals surface area contributed by atoms with Crippen LogP contribution in [0.2, 0.25) is 0 Å². The average Bonchev–Trinajstić information content (AvgIpc) is 2.89. The van der Waals surface area contributed by atoms with Crippen molar-refractivity contribution in [3.8, 4) is 11.5 Å². The number of urea groups is 1. The van der Waals surface area contributed by atoms with E-state index in [9.17, 15) is 4.79 Å². The molecule has 0 aliphatic heterocycles. The maximum atomic E-state index is 13.9. The minimum atomic E-state index is -0.150. The molecule has 190 valence electrons. The molecule has 0 bridgehead atoms. The lowest BCUT2D eigenvalue weighted by molar-refractivity contribution is 0.256. The first kappa shape index (κ1) is 26.0. The van der Waals surface area contributed by atoms with Gasteiger partial charge in [-0.05, 0) is 71.8 Å². The van der Waals surface area contributed by atoms with Crippen molar-refractivity contribution in [1.29, 1.82) is 0 Å². The lowest BCUT2D eigenvalue weighted by atomic mass is 9.93. The van der Waals surface area contributed by atoms with Gasteiger partial charge in [0, 0.05) is 11.4 Å². The number of hydrogen-bond donors (Lipinski definition) is 1. The van der Waals surface area contributed by atoms with Crippen LogP contribution in [0.15, 0.2) is 97.1 Å². The van der Waals surface area contributed by atoms with Crippen molar-refractivity contribution in [1.82, 2.24) is 0 Å². The minimum absolute atomic E-state index is 0.150. The number of carbonyl (C=O) groups is 1. The molecule has 1 N–H and O–H groups in total. The standard InChI is InChI=1S/C33H36N2O2/c1-23(2)30-12-9-13-31(24(3)4)32(30)34-33(36)35(27-18-14-25(5)15-19-27)22-26-16-20-29(21-17-26)37-28-10-7-6-8-11-28/h6-21,23-24H,22H2,1-5H3,(H,34,36). The van der Waals surface area contributed by atoms with Gasteiger partial charge in [-0.2, -0.15) is 0 Å². The van der Waals surface area contributed by atoms with Crippen LogP contribution >= 0.6 is 0 Å². The average molecular weight is 493 g/mol. The zero-order valence-corrected chi connectivity index (χ0v) is 22.4. The zero-order valence-electron chi connectivity index (χ0n) is 22.4. The summed E-state index contributed by atoms with van der Waals surface area (Å²) >= 11 is 0. The highest BCUT2D eigenvalue weighted by Crippen LogP contribution is 2.33. The van der Waals surface area contributed by atoms with Crippen molar-refractivity contribution in [3.05, 3.63) is 119 Å². The van der Waals surface area contributed by atoms with Gasteiger partial charge in [0.1, 0.15) is 11.5 Å². The molecule has 0 fully saturated rings. The van der Waals surface area contributed by atoms with Crippen molar-refractivity contribution >= 4 is 17.4 Å². The number of nitrogens with one attached hydrogen (secondary N) is 1. The van der Waals surface area contributed by atoms with E-state index >= 15 is 0 Å². The van der Waals surface area contributed by atoms with E-state index in [-0.39, 0.29) is 6.03 Å². The van der Waals surface area contributed by atoms with Crippen LogP contribution in [0.4, 0.5) is 16.2 Å². The van der Waals surface area contributed by atoms with Crippen molar-refractivity contribution in [2.45, 2.75) is 53.0 Å². The number of amides is 2. The number of para-hydroxylation sites is 2. The Hall–Kier alpha value is -4.05. The molecule has 4 aromatic rings. The first-order valence-electron chi connectivity index (χ1n) is 12.9. The van der Waals surface area contributed by atoms with Crippen LogP contribution in [0.5, 0.6) is 11.5 Å². The topological polar surface area (TPSA) is 41.6 Å². The highest BCUT2D eigenvalue weighted by molar-refractivity contribution is 6.02. The van der Waals surface area contributed by atoms with Crippen molar-refractivity contribution < 1.29 is 9.53 Å². The van der Waals surface area contributed by atoms with E-state index in [1.54, 1.807) is 4.90 Å². The fourth-order valence-corrected chi connectivity index (χ4v) is 4.34. The number of benzene rings is 4. The normalized spacial score (nSPS) is 11.0. The molecular formula is C33H36N2O2. The third-order valence-corrected chi connectivity index (χ3v) is 6.44. The van der Waals surface area contributed by atoms with Crippen LogP contribution in [-0.2, 0) is 6.54 Å². The van der Waals surface area contributed by atoms with Gasteiger partial charge in [0.25, 0.3) is 0 Å². The molecule has 0 radical (unpaired) electrons. The molecular weight excluding hydrogens is 456 g/mol. The Morgan fingerprint density at radius 1 is 0.730 bits per heavy atom. The number of aryl methyl sites for hydroxylation is 1. The van der Waals surface area contributed by atoms with Gasteiger partial charge in [-0.25, -0.2) is 4.79 Å². The predicted molar refractivity (Wildman–Crippen MR) is 154 cm³/mol. The highest BCUT2D eigenvalue weighted by Gasteiger charge is 2.21. The molecule has 0 aliphatic carbocycles. The summed E-state index contributed by atoms with van der Waals surface area (Å²) in [5.41, 5.74) is 6.22. The summed E-state index contributed by atoms with van der Waals surface area (Å²) in [6, 6.07) is 31.8. The second-order valence-electron chi connectivity index (χ2n) is 10.0. The number of hydrogen-bond acceptors (Lipinski definition) is 2. The molecule has 0 unspecified atom stereocenters. The van der Waals surface area contributed by atoms with Gasteiger partial charge >= 0.3 is 6.03 Å². The molecule has 0 saturated carbocycles. The summed E-state index contributed by atoms with van der Waals surface area (Å²) in [5, 5.41) is 3.28. The summed E-state index contributed by atoms with van der Waals surface area (Å²) in [6.07, 6.45) is 0. The Labute approximate surface area is 220 Å². The maximum Gasteiger partial charge on any atom is 0.326 e. The maximum absolute atomic E-state index is 13.9. The number of carbonyl (C=O) groups excluding carboxylic acids is 1. The van der Waals surface area contributed by atoms with Crippen LogP contribution in [0.1, 0.15) is 61.8 Å². The van der Waals surface area contributed by atoms with Gasteiger partial charge in [-0.1, -0.05) is 93.9 Å². The van der Waals surface area contributed by atoms with E-state index in [1.807, 2.05) is 85.8 Å².